The quantitative estimate of drug-likeness (QED) is 0.655. The van der Waals surface area contributed by atoms with Gasteiger partial charge in [-0.1, -0.05) is 40.6 Å². The van der Waals surface area contributed by atoms with Crippen LogP contribution in [0.1, 0.15) is 5.56 Å². The molecule has 2 aromatic carbocycles. The van der Waals surface area contributed by atoms with E-state index in [9.17, 15) is 9.59 Å². The van der Waals surface area contributed by atoms with E-state index in [4.69, 9.17) is 23.2 Å². The lowest BCUT2D eigenvalue weighted by atomic mass is 10.2. The van der Waals surface area contributed by atoms with Crippen LogP contribution in [0, 0.1) is 0 Å². The molecule has 0 spiro atoms. The van der Waals surface area contributed by atoms with Crippen LogP contribution < -0.4 is 10.2 Å². The molecule has 1 N–H and O–H groups in total. The third-order valence-corrected chi connectivity index (χ3v) is 6.30. The van der Waals surface area contributed by atoms with Crippen molar-refractivity contribution in [2.24, 2.45) is 7.05 Å². The predicted molar refractivity (Wildman–Crippen MR) is 108 cm³/mol. The topological polar surface area (TPSA) is 51.1 Å². The maximum absolute atomic E-state index is 12.1. The Hall–Kier alpha value is -1.47. The van der Waals surface area contributed by atoms with Gasteiger partial charge in [0.2, 0.25) is 5.91 Å². The number of halogens is 2. The zero-order chi connectivity index (χ0) is 18.0. The molecule has 8 heteroatoms. The number of thiazole rings is 1. The fourth-order valence-corrected chi connectivity index (χ4v) is 4.31. The van der Waals surface area contributed by atoms with Gasteiger partial charge in [-0.25, -0.2) is 0 Å². The summed E-state index contributed by atoms with van der Waals surface area (Å²) in [6, 6.07) is 10.9. The molecule has 0 bridgehead atoms. The number of rotatable bonds is 5. The monoisotopic (exact) mass is 412 g/mol. The fraction of sp³-hybridized carbons (Fsp3) is 0.176. The molecule has 130 valence electrons. The maximum atomic E-state index is 12.1. The van der Waals surface area contributed by atoms with Gasteiger partial charge < -0.3 is 9.88 Å². The molecule has 0 aliphatic rings. The minimum Gasteiger partial charge on any atom is -0.325 e. The summed E-state index contributed by atoms with van der Waals surface area (Å²) in [4.78, 5) is 23.7. The number of carbonyl (C=O) groups excluding carboxylic acids is 1. The van der Waals surface area contributed by atoms with Crippen LogP contribution in [0.25, 0.3) is 10.2 Å². The number of hydrogen-bond donors (Lipinski definition) is 1. The summed E-state index contributed by atoms with van der Waals surface area (Å²) >= 11 is 14.5. The second-order valence-corrected chi connectivity index (χ2v) is 8.19. The smallest absolute Gasteiger partial charge is 0.307 e. The molecule has 0 radical (unpaired) electrons. The van der Waals surface area contributed by atoms with Crippen molar-refractivity contribution in [3.05, 3.63) is 61.7 Å². The van der Waals surface area contributed by atoms with Crippen molar-refractivity contribution in [1.29, 1.82) is 0 Å². The van der Waals surface area contributed by atoms with E-state index in [0.29, 0.717) is 27.2 Å². The Morgan fingerprint density at radius 1 is 1.20 bits per heavy atom. The van der Waals surface area contributed by atoms with Gasteiger partial charge in [-0.3, -0.25) is 9.59 Å². The standard InChI is InChI=1S/C17H14Cl2N2O2S2/c1-21-14-5-3-11(7-15(14)25-17(21)23)20-16(22)9-24-8-10-2-4-12(18)13(19)6-10/h2-7H,8-9H2,1H3,(H,20,22). The first-order valence-corrected chi connectivity index (χ1v) is 10.1. The molecular weight excluding hydrogens is 399 g/mol. The number of nitrogens with zero attached hydrogens (tertiary/aromatic N) is 1. The molecule has 0 aliphatic carbocycles. The van der Waals surface area contributed by atoms with Gasteiger partial charge in [0, 0.05) is 18.5 Å². The lowest BCUT2D eigenvalue weighted by Crippen LogP contribution is -2.14. The van der Waals surface area contributed by atoms with Crippen molar-refractivity contribution in [2.75, 3.05) is 11.1 Å². The molecule has 3 aromatic rings. The third kappa shape index (κ3) is 4.39. The number of benzene rings is 2. The maximum Gasteiger partial charge on any atom is 0.307 e. The Kier molecular flexibility index (Phi) is 5.74. The first-order valence-electron chi connectivity index (χ1n) is 7.35. The van der Waals surface area contributed by atoms with Crippen molar-refractivity contribution < 1.29 is 4.79 Å². The molecule has 0 fully saturated rings. The van der Waals surface area contributed by atoms with E-state index in [0.717, 1.165) is 15.8 Å². The molecule has 0 atom stereocenters. The van der Waals surface area contributed by atoms with Crippen LogP contribution in [0.5, 0.6) is 0 Å². The van der Waals surface area contributed by atoms with Crippen LogP contribution in [0.2, 0.25) is 10.0 Å². The molecule has 0 saturated carbocycles. The molecule has 4 nitrogen and oxygen atoms in total. The molecule has 0 saturated heterocycles. The van der Waals surface area contributed by atoms with Gasteiger partial charge >= 0.3 is 4.87 Å². The van der Waals surface area contributed by atoms with Crippen molar-refractivity contribution in [2.45, 2.75) is 5.75 Å². The van der Waals surface area contributed by atoms with Crippen LogP contribution in [-0.2, 0) is 17.6 Å². The summed E-state index contributed by atoms with van der Waals surface area (Å²) in [6.45, 7) is 0. The van der Waals surface area contributed by atoms with E-state index in [-0.39, 0.29) is 10.8 Å². The second-order valence-electron chi connectivity index (χ2n) is 5.40. The summed E-state index contributed by atoms with van der Waals surface area (Å²) in [5.74, 6) is 0.903. The highest BCUT2D eigenvalue weighted by atomic mass is 35.5. The van der Waals surface area contributed by atoms with E-state index < -0.39 is 0 Å². The van der Waals surface area contributed by atoms with Crippen LogP contribution in [-0.4, -0.2) is 16.2 Å². The summed E-state index contributed by atoms with van der Waals surface area (Å²) in [6.07, 6.45) is 0. The first-order chi connectivity index (χ1) is 11.9. The average molecular weight is 413 g/mol. The number of hydrogen-bond acceptors (Lipinski definition) is 4. The van der Waals surface area contributed by atoms with Gasteiger partial charge in [0.05, 0.1) is 26.0 Å². The van der Waals surface area contributed by atoms with Crippen LogP contribution >= 0.6 is 46.3 Å². The largest absolute Gasteiger partial charge is 0.325 e. The van der Waals surface area contributed by atoms with E-state index in [2.05, 4.69) is 5.32 Å². The number of carbonyl (C=O) groups is 1. The molecule has 1 heterocycles. The second kappa shape index (κ2) is 7.83. The number of amides is 1. The lowest BCUT2D eigenvalue weighted by molar-refractivity contribution is -0.113. The van der Waals surface area contributed by atoms with Crippen LogP contribution in [0.4, 0.5) is 5.69 Å². The number of thioether (sulfide) groups is 1. The zero-order valence-corrected chi connectivity index (χ0v) is 16.4. The highest BCUT2D eigenvalue weighted by Crippen LogP contribution is 2.25. The minimum absolute atomic E-state index is 0.0179. The molecule has 25 heavy (non-hydrogen) atoms. The first kappa shape index (κ1) is 18.3. The molecular formula is C17H14Cl2N2O2S2. The fourth-order valence-electron chi connectivity index (χ4n) is 2.30. The van der Waals surface area contributed by atoms with Crippen molar-refractivity contribution >= 4 is 68.1 Å². The van der Waals surface area contributed by atoms with Crippen molar-refractivity contribution in [3.8, 4) is 0 Å². The number of fused-ring (bicyclic) bond motifs is 1. The Bertz CT molecular complexity index is 998. The zero-order valence-electron chi connectivity index (χ0n) is 13.2. The van der Waals surface area contributed by atoms with Gasteiger partial charge in [-0.15, -0.1) is 11.8 Å². The van der Waals surface area contributed by atoms with E-state index in [1.165, 1.54) is 23.1 Å². The van der Waals surface area contributed by atoms with Crippen molar-refractivity contribution in [3.63, 3.8) is 0 Å². The van der Waals surface area contributed by atoms with Gasteiger partial charge in [-0.2, -0.15) is 0 Å². The lowest BCUT2D eigenvalue weighted by Gasteiger charge is -2.06. The highest BCUT2D eigenvalue weighted by molar-refractivity contribution is 7.99. The average Bonchev–Trinajstić information content (AvgIpc) is 2.85. The Labute approximate surface area is 162 Å². The van der Waals surface area contributed by atoms with Crippen molar-refractivity contribution in [1.82, 2.24) is 4.57 Å². The molecule has 1 aromatic heterocycles. The number of aryl methyl sites for hydroxylation is 1. The molecule has 1 amide bonds. The molecule has 0 unspecified atom stereocenters. The number of aromatic nitrogens is 1. The highest BCUT2D eigenvalue weighted by Gasteiger charge is 2.08. The van der Waals surface area contributed by atoms with Gasteiger partial charge in [0.1, 0.15) is 0 Å². The van der Waals surface area contributed by atoms with Gasteiger partial charge in [0.25, 0.3) is 0 Å². The molecule has 0 aliphatic heterocycles. The van der Waals surface area contributed by atoms with E-state index >= 15 is 0 Å². The SMILES string of the molecule is Cn1c(=O)sc2cc(NC(=O)CSCc3ccc(Cl)c(Cl)c3)ccc21. The summed E-state index contributed by atoms with van der Waals surface area (Å²) in [5.41, 5.74) is 2.57. The molecule has 3 rings (SSSR count). The normalized spacial score (nSPS) is 11.0. The van der Waals surface area contributed by atoms with E-state index in [1.807, 2.05) is 18.2 Å². The van der Waals surface area contributed by atoms with Crippen LogP contribution in [0.3, 0.4) is 0 Å². The van der Waals surface area contributed by atoms with Gasteiger partial charge in [-0.05, 0) is 35.9 Å². The minimum atomic E-state index is -0.0901. The summed E-state index contributed by atoms with van der Waals surface area (Å²) < 4.78 is 2.45. The predicted octanol–water partition coefficient (Wildman–Crippen LogP) is 4.78. The third-order valence-electron chi connectivity index (χ3n) is 3.56. The van der Waals surface area contributed by atoms with Gasteiger partial charge in [0.15, 0.2) is 0 Å². The number of nitrogens with one attached hydrogen (secondary N) is 1. The summed E-state index contributed by atoms with van der Waals surface area (Å²) in [7, 11) is 1.74. The van der Waals surface area contributed by atoms with Crippen LogP contribution in [0.15, 0.2) is 41.2 Å². The van der Waals surface area contributed by atoms with E-state index in [1.54, 1.807) is 29.8 Å². The number of anilines is 1. The Morgan fingerprint density at radius 3 is 2.76 bits per heavy atom. The summed E-state index contributed by atoms with van der Waals surface area (Å²) in [5, 5.41) is 3.89. The Morgan fingerprint density at radius 2 is 2.00 bits per heavy atom. The Balaban J connectivity index is 1.57.